The molecule has 144 valence electrons. The zero-order valence-electron chi connectivity index (χ0n) is 15.6. The molecular weight excluding hydrogens is 346 g/mol. The molecule has 27 heavy (non-hydrogen) atoms. The minimum Gasteiger partial charge on any atom is -0.481 e. The molecule has 0 spiro atoms. The van der Waals surface area contributed by atoms with Crippen LogP contribution in [0, 0.1) is 0 Å². The van der Waals surface area contributed by atoms with Gasteiger partial charge in [-0.25, -0.2) is 10.0 Å². The first-order chi connectivity index (χ1) is 13.2. The number of amides is 1. The van der Waals surface area contributed by atoms with Gasteiger partial charge < -0.3 is 4.74 Å². The number of pyridine rings is 1. The van der Waals surface area contributed by atoms with Crippen LogP contribution in [0.3, 0.4) is 0 Å². The lowest BCUT2D eigenvalue weighted by Gasteiger charge is -2.35. The van der Waals surface area contributed by atoms with Gasteiger partial charge in [-0.05, 0) is 25.0 Å². The molecule has 4 rings (SSSR count). The first kappa shape index (κ1) is 17.9. The molecule has 0 bridgehead atoms. The fourth-order valence-corrected chi connectivity index (χ4v) is 3.80. The lowest BCUT2D eigenvalue weighted by atomic mass is 10.1. The summed E-state index contributed by atoms with van der Waals surface area (Å²) in [6.45, 7) is 3.53. The average Bonchev–Trinajstić information content (AvgIpc) is 3.18. The molecule has 0 radical (unpaired) electrons. The van der Waals surface area contributed by atoms with E-state index in [4.69, 9.17) is 9.57 Å². The summed E-state index contributed by atoms with van der Waals surface area (Å²) in [6.07, 6.45) is 5.93. The highest BCUT2D eigenvalue weighted by Crippen LogP contribution is 2.27. The van der Waals surface area contributed by atoms with Crippen molar-refractivity contribution in [3.8, 4) is 5.88 Å². The van der Waals surface area contributed by atoms with E-state index >= 15 is 0 Å². The summed E-state index contributed by atoms with van der Waals surface area (Å²) < 4.78 is 7.36. The molecule has 0 saturated carbocycles. The minimum absolute atomic E-state index is 0.00978. The summed E-state index contributed by atoms with van der Waals surface area (Å²) in [6, 6.07) is 5.95. The predicted octanol–water partition coefficient (Wildman–Crippen LogP) is 1.79. The average molecular weight is 371 g/mol. The van der Waals surface area contributed by atoms with Gasteiger partial charge in [-0.2, -0.15) is 5.10 Å². The minimum atomic E-state index is -0.00978. The van der Waals surface area contributed by atoms with E-state index in [9.17, 15) is 4.79 Å². The molecule has 8 nitrogen and oxygen atoms in total. The van der Waals surface area contributed by atoms with Crippen LogP contribution in [-0.4, -0.2) is 57.4 Å². The van der Waals surface area contributed by atoms with Crippen LogP contribution in [0.15, 0.2) is 30.6 Å². The molecule has 1 atom stereocenters. The van der Waals surface area contributed by atoms with Gasteiger partial charge in [0.1, 0.15) is 0 Å². The molecule has 2 aromatic heterocycles. The van der Waals surface area contributed by atoms with Gasteiger partial charge in [0.2, 0.25) is 11.8 Å². The molecule has 8 heteroatoms. The van der Waals surface area contributed by atoms with E-state index in [1.165, 1.54) is 5.06 Å². The molecule has 2 aliphatic heterocycles. The van der Waals surface area contributed by atoms with E-state index in [0.29, 0.717) is 32.0 Å². The summed E-state index contributed by atoms with van der Waals surface area (Å²) >= 11 is 0. The first-order valence-corrected chi connectivity index (χ1v) is 9.40. The topological polar surface area (TPSA) is 72.7 Å². The molecule has 2 aliphatic rings. The van der Waals surface area contributed by atoms with Crippen molar-refractivity contribution in [2.45, 2.75) is 38.4 Å². The highest BCUT2D eigenvalue weighted by Gasteiger charge is 2.30. The smallest absolute Gasteiger partial charge is 0.248 e. The van der Waals surface area contributed by atoms with Crippen molar-refractivity contribution in [3.05, 3.63) is 41.9 Å². The number of ether oxygens (including phenoxy) is 1. The Morgan fingerprint density at radius 2 is 2.26 bits per heavy atom. The molecule has 1 fully saturated rings. The third kappa shape index (κ3) is 3.96. The van der Waals surface area contributed by atoms with Crippen LogP contribution in [0.5, 0.6) is 5.88 Å². The molecule has 2 aromatic rings. The lowest BCUT2D eigenvalue weighted by Crippen LogP contribution is -2.42. The molecule has 1 amide bonds. The Kier molecular flexibility index (Phi) is 5.35. The van der Waals surface area contributed by atoms with Crippen LogP contribution >= 0.6 is 0 Å². The second kappa shape index (κ2) is 8.06. The number of hydrogen-bond donors (Lipinski definition) is 0. The number of nitrogens with zero attached hydrogens (tertiary/aromatic N) is 5. The maximum absolute atomic E-state index is 12.7. The maximum atomic E-state index is 12.7. The number of carbonyl (C=O) groups excluding carboxylic acids is 1. The molecule has 0 N–H and O–H groups in total. The van der Waals surface area contributed by atoms with Crippen molar-refractivity contribution in [2.24, 2.45) is 0 Å². The van der Waals surface area contributed by atoms with Crippen molar-refractivity contribution in [2.75, 3.05) is 26.8 Å². The van der Waals surface area contributed by atoms with E-state index in [1.54, 1.807) is 19.5 Å². The largest absolute Gasteiger partial charge is 0.481 e. The Morgan fingerprint density at radius 1 is 1.33 bits per heavy atom. The molecule has 4 heterocycles. The molecule has 0 aromatic carbocycles. The second-order valence-electron chi connectivity index (χ2n) is 7.00. The number of hydrogen-bond acceptors (Lipinski definition) is 6. The maximum Gasteiger partial charge on any atom is 0.248 e. The van der Waals surface area contributed by atoms with Crippen LogP contribution in [0.4, 0.5) is 0 Å². The Balaban J connectivity index is 1.48. The van der Waals surface area contributed by atoms with Crippen molar-refractivity contribution < 1.29 is 14.4 Å². The molecule has 1 saturated heterocycles. The van der Waals surface area contributed by atoms with E-state index in [-0.39, 0.29) is 11.9 Å². The van der Waals surface area contributed by atoms with Gasteiger partial charge in [0.05, 0.1) is 31.9 Å². The summed E-state index contributed by atoms with van der Waals surface area (Å²) in [4.78, 5) is 24.8. The monoisotopic (exact) mass is 371 g/mol. The molecule has 0 unspecified atom stereocenters. The van der Waals surface area contributed by atoms with Gasteiger partial charge >= 0.3 is 0 Å². The van der Waals surface area contributed by atoms with Gasteiger partial charge in [0.15, 0.2) is 0 Å². The summed E-state index contributed by atoms with van der Waals surface area (Å²) in [7, 11) is 1.64. The number of carbonyl (C=O) groups is 1. The lowest BCUT2D eigenvalue weighted by molar-refractivity contribution is -0.198. The second-order valence-corrected chi connectivity index (χ2v) is 7.00. The number of aromatic nitrogens is 3. The normalized spacial score (nSPS) is 20.3. The number of hydroxylamine groups is 2. The standard InChI is InChI=1S/C19H25N5O3/c1-26-19-15(5-4-7-20-19)12-22-13-16-6-8-21-24(16)17(14-22)11-18(25)23-9-2-3-10-27-23/h4-8,17H,2-3,9-14H2,1H3/t17-/m1/s1. The molecular formula is C19H25N5O3. The van der Waals surface area contributed by atoms with Crippen LogP contribution in [0.1, 0.15) is 36.6 Å². The third-order valence-corrected chi connectivity index (χ3v) is 5.08. The van der Waals surface area contributed by atoms with Crippen molar-refractivity contribution in [3.63, 3.8) is 0 Å². The quantitative estimate of drug-likeness (QED) is 0.798. The first-order valence-electron chi connectivity index (χ1n) is 9.40. The Morgan fingerprint density at radius 3 is 3.07 bits per heavy atom. The summed E-state index contributed by atoms with van der Waals surface area (Å²) in [5.74, 6) is 0.674. The van der Waals surface area contributed by atoms with Crippen LogP contribution < -0.4 is 4.74 Å². The van der Waals surface area contributed by atoms with Gasteiger partial charge in [0, 0.05) is 44.1 Å². The number of rotatable bonds is 5. The van der Waals surface area contributed by atoms with Gasteiger partial charge in [-0.15, -0.1) is 0 Å². The van der Waals surface area contributed by atoms with Crippen LogP contribution in [0.25, 0.3) is 0 Å². The third-order valence-electron chi connectivity index (χ3n) is 5.08. The fourth-order valence-electron chi connectivity index (χ4n) is 3.80. The highest BCUT2D eigenvalue weighted by molar-refractivity contribution is 5.75. The van der Waals surface area contributed by atoms with Crippen molar-refractivity contribution in [1.82, 2.24) is 24.7 Å². The summed E-state index contributed by atoms with van der Waals surface area (Å²) in [5, 5.41) is 5.98. The highest BCUT2D eigenvalue weighted by atomic mass is 16.7. The SMILES string of the molecule is COc1ncccc1CN1Cc2ccnn2[C@H](CC(=O)N2CCCCO2)C1. The Labute approximate surface area is 158 Å². The van der Waals surface area contributed by atoms with Crippen LogP contribution in [-0.2, 0) is 22.7 Å². The fraction of sp³-hybridized carbons (Fsp3) is 0.526. The van der Waals surface area contributed by atoms with Crippen LogP contribution in [0.2, 0.25) is 0 Å². The van der Waals surface area contributed by atoms with Crippen molar-refractivity contribution >= 4 is 5.91 Å². The van der Waals surface area contributed by atoms with E-state index < -0.39 is 0 Å². The van der Waals surface area contributed by atoms with E-state index in [0.717, 1.165) is 37.2 Å². The van der Waals surface area contributed by atoms with Crippen molar-refractivity contribution in [1.29, 1.82) is 0 Å². The number of methoxy groups -OCH3 is 1. The zero-order chi connectivity index (χ0) is 18.6. The zero-order valence-corrected chi connectivity index (χ0v) is 15.6. The van der Waals surface area contributed by atoms with E-state index in [2.05, 4.69) is 15.0 Å². The number of fused-ring (bicyclic) bond motifs is 1. The Bertz CT molecular complexity index is 787. The summed E-state index contributed by atoms with van der Waals surface area (Å²) in [5.41, 5.74) is 2.15. The predicted molar refractivity (Wildman–Crippen MR) is 97.7 cm³/mol. The van der Waals surface area contributed by atoms with Gasteiger partial charge in [-0.1, -0.05) is 6.07 Å². The van der Waals surface area contributed by atoms with E-state index in [1.807, 2.05) is 22.9 Å². The van der Waals surface area contributed by atoms with Gasteiger partial charge in [-0.3, -0.25) is 19.2 Å². The van der Waals surface area contributed by atoms with Gasteiger partial charge in [0.25, 0.3) is 0 Å². The Hall–Kier alpha value is -2.45. The molecule has 0 aliphatic carbocycles.